The van der Waals surface area contributed by atoms with Crippen molar-refractivity contribution in [3.63, 3.8) is 0 Å². The molecule has 0 bridgehead atoms. The van der Waals surface area contributed by atoms with Crippen molar-refractivity contribution in [3.8, 4) is 11.5 Å². The van der Waals surface area contributed by atoms with Crippen LogP contribution in [0.15, 0.2) is 42.5 Å². The molecule has 1 aliphatic heterocycles. The predicted molar refractivity (Wildman–Crippen MR) is 114 cm³/mol. The number of ether oxygens (including phenoxy) is 3. The van der Waals surface area contributed by atoms with Crippen LogP contribution in [0, 0.1) is 0 Å². The molecule has 0 radical (unpaired) electrons. The van der Waals surface area contributed by atoms with E-state index >= 15 is 0 Å². The van der Waals surface area contributed by atoms with E-state index in [9.17, 15) is 14.4 Å². The zero-order valence-electron chi connectivity index (χ0n) is 17.6. The lowest BCUT2D eigenvalue weighted by molar-refractivity contribution is -0.116. The summed E-state index contributed by atoms with van der Waals surface area (Å²) in [4.78, 5) is 36.6. The van der Waals surface area contributed by atoms with Crippen molar-refractivity contribution in [1.29, 1.82) is 0 Å². The number of amides is 3. The lowest BCUT2D eigenvalue weighted by atomic mass is 10.1. The van der Waals surface area contributed by atoms with Gasteiger partial charge in [-0.2, -0.15) is 0 Å². The van der Waals surface area contributed by atoms with Gasteiger partial charge in [-0.25, -0.2) is 4.79 Å². The number of nitrogens with one attached hydrogen (secondary N) is 3. The summed E-state index contributed by atoms with van der Waals surface area (Å²) < 4.78 is 15.7. The van der Waals surface area contributed by atoms with Crippen molar-refractivity contribution in [2.75, 3.05) is 24.0 Å². The van der Waals surface area contributed by atoms with E-state index in [-0.39, 0.29) is 31.6 Å². The van der Waals surface area contributed by atoms with Gasteiger partial charge in [0.15, 0.2) is 11.5 Å². The number of para-hydroxylation sites is 2. The topological polar surface area (TPSA) is 115 Å². The number of anilines is 2. The molecule has 0 spiro atoms. The van der Waals surface area contributed by atoms with Crippen molar-refractivity contribution < 1.29 is 28.6 Å². The monoisotopic (exact) mass is 427 g/mol. The molecule has 1 heterocycles. The molecule has 9 nitrogen and oxygen atoms in total. The molecule has 1 aliphatic rings. The molecule has 3 amide bonds. The van der Waals surface area contributed by atoms with Gasteiger partial charge in [-0.1, -0.05) is 12.1 Å². The maximum atomic E-state index is 12.6. The van der Waals surface area contributed by atoms with Gasteiger partial charge in [0.05, 0.1) is 11.4 Å². The summed E-state index contributed by atoms with van der Waals surface area (Å²) in [6.07, 6.45) is -0.541. The molecular weight excluding hydrogens is 402 g/mol. The minimum atomic E-state index is -0.610. The normalized spacial score (nSPS) is 12.1. The van der Waals surface area contributed by atoms with Gasteiger partial charge in [0.25, 0.3) is 5.91 Å². The third kappa shape index (κ3) is 6.36. The summed E-state index contributed by atoms with van der Waals surface area (Å²) in [5, 5.41) is 8.06. The van der Waals surface area contributed by atoms with Crippen LogP contribution >= 0.6 is 0 Å². The lowest BCUT2D eigenvalue weighted by Crippen LogP contribution is -2.34. The first kappa shape index (κ1) is 21.9. The summed E-state index contributed by atoms with van der Waals surface area (Å²) in [6.45, 7) is 5.51. The van der Waals surface area contributed by atoms with Gasteiger partial charge in [-0.3, -0.25) is 9.59 Å². The number of rotatable bonds is 6. The molecule has 3 rings (SSSR count). The van der Waals surface area contributed by atoms with E-state index < -0.39 is 11.7 Å². The second-order valence-corrected chi connectivity index (χ2v) is 7.79. The number of fused-ring (bicyclic) bond motifs is 1. The number of alkyl carbamates (subject to hydrolysis) is 1. The van der Waals surface area contributed by atoms with Crippen molar-refractivity contribution >= 4 is 29.3 Å². The van der Waals surface area contributed by atoms with Gasteiger partial charge in [0, 0.05) is 18.5 Å². The van der Waals surface area contributed by atoms with Crippen molar-refractivity contribution in [2.45, 2.75) is 32.8 Å². The minimum absolute atomic E-state index is 0.0453. The molecule has 0 unspecified atom stereocenters. The Labute approximate surface area is 180 Å². The molecule has 31 heavy (non-hydrogen) atoms. The number of carbonyl (C=O) groups is 3. The standard InChI is InChI=1S/C22H25N3O6/c1-22(2,3)31-21(28)23-11-10-19(26)24-15-6-4-5-7-16(15)25-20(27)14-8-9-17-18(12-14)30-13-29-17/h4-9,12H,10-11,13H2,1-3H3,(H,23,28)(H,24,26)(H,25,27). The molecule has 0 aromatic heterocycles. The average Bonchev–Trinajstić information content (AvgIpc) is 3.16. The minimum Gasteiger partial charge on any atom is -0.454 e. The molecule has 2 aromatic carbocycles. The molecule has 3 N–H and O–H groups in total. The number of hydrogen-bond donors (Lipinski definition) is 3. The fraction of sp³-hybridized carbons (Fsp3) is 0.318. The van der Waals surface area contributed by atoms with E-state index in [1.807, 2.05) is 0 Å². The molecule has 0 saturated heterocycles. The summed E-state index contributed by atoms with van der Waals surface area (Å²) in [5.41, 5.74) is 0.672. The highest BCUT2D eigenvalue weighted by atomic mass is 16.7. The Morgan fingerprint density at radius 3 is 2.35 bits per heavy atom. The van der Waals surface area contributed by atoms with Crippen LogP contribution in [-0.4, -0.2) is 36.8 Å². The molecule has 9 heteroatoms. The molecular formula is C22H25N3O6. The number of hydrogen-bond acceptors (Lipinski definition) is 6. The Hall–Kier alpha value is -3.75. The quantitative estimate of drug-likeness (QED) is 0.650. The van der Waals surface area contributed by atoms with Gasteiger partial charge in [0.2, 0.25) is 12.7 Å². The van der Waals surface area contributed by atoms with E-state index in [1.165, 1.54) is 0 Å². The van der Waals surface area contributed by atoms with Gasteiger partial charge >= 0.3 is 6.09 Å². The van der Waals surface area contributed by atoms with Crippen LogP contribution in [0.4, 0.5) is 16.2 Å². The Morgan fingerprint density at radius 2 is 1.65 bits per heavy atom. The number of benzene rings is 2. The van der Waals surface area contributed by atoms with Gasteiger partial charge in [0.1, 0.15) is 5.60 Å². The maximum Gasteiger partial charge on any atom is 0.407 e. The highest BCUT2D eigenvalue weighted by Gasteiger charge is 2.18. The van der Waals surface area contributed by atoms with E-state index in [0.29, 0.717) is 28.4 Å². The van der Waals surface area contributed by atoms with Crippen LogP contribution in [0.1, 0.15) is 37.6 Å². The van der Waals surface area contributed by atoms with Crippen molar-refractivity contribution in [3.05, 3.63) is 48.0 Å². The zero-order chi connectivity index (χ0) is 22.4. The first-order chi connectivity index (χ1) is 14.7. The Morgan fingerprint density at radius 1 is 0.968 bits per heavy atom. The van der Waals surface area contributed by atoms with E-state index in [2.05, 4.69) is 16.0 Å². The highest BCUT2D eigenvalue weighted by Crippen LogP contribution is 2.33. The zero-order valence-corrected chi connectivity index (χ0v) is 17.6. The van der Waals surface area contributed by atoms with Gasteiger partial charge < -0.3 is 30.2 Å². The third-order valence-corrected chi connectivity index (χ3v) is 4.10. The second-order valence-electron chi connectivity index (χ2n) is 7.79. The molecule has 0 fully saturated rings. The molecule has 164 valence electrons. The van der Waals surface area contributed by atoms with Crippen LogP contribution in [0.3, 0.4) is 0 Å². The smallest absolute Gasteiger partial charge is 0.407 e. The molecule has 2 aromatic rings. The second kappa shape index (κ2) is 9.38. The molecule has 0 aliphatic carbocycles. The molecule has 0 atom stereocenters. The van der Waals surface area contributed by atoms with Crippen LogP contribution in [-0.2, 0) is 9.53 Å². The summed E-state index contributed by atoms with van der Waals surface area (Å²) in [5.74, 6) is 0.420. The van der Waals surface area contributed by atoms with Crippen LogP contribution in [0.5, 0.6) is 11.5 Å². The van der Waals surface area contributed by atoms with Crippen LogP contribution < -0.4 is 25.4 Å². The van der Waals surface area contributed by atoms with Crippen molar-refractivity contribution in [1.82, 2.24) is 5.32 Å². The van der Waals surface area contributed by atoms with Crippen molar-refractivity contribution in [2.24, 2.45) is 0 Å². The molecule has 0 saturated carbocycles. The summed E-state index contributed by atoms with van der Waals surface area (Å²) >= 11 is 0. The SMILES string of the molecule is CC(C)(C)OC(=O)NCCC(=O)Nc1ccccc1NC(=O)c1ccc2c(c1)OCO2. The number of carbonyl (C=O) groups excluding carboxylic acids is 3. The van der Waals surface area contributed by atoms with E-state index in [4.69, 9.17) is 14.2 Å². The van der Waals surface area contributed by atoms with Gasteiger partial charge in [-0.05, 0) is 51.1 Å². The Kier molecular flexibility index (Phi) is 6.64. The third-order valence-electron chi connectivity index (χ3n) is 4.10. The van der Waals surface area contributed by atoms with Crippen LogP contribution in [0.2, 0.25) is 0 Å². The Balaban J connectivity index is 1.55. The van der Waals surface area contributed by atoms with E-state index in [1.54, 1.807) is 63.2 Å². The average molecular weight is 427 g/mol. The van der Waals surface area contributed by atoms with Crippen LogP contribution in [0.25, 0.3) is 0 Å². The predicted octanol–water partition coefficient (Wildman–Crippen LogP) is 3.52. The van der Waals surface area contributed by atoms with Gasteiger partial charge in [-0.15, -0.1) is 0 Å². The summed E-state index contributed by atoms with van der Waals surface area (Å²) in [7, 11) is 0. The maximum absolute atomic E-state index is 12.6. The highest BCUT2D eigenvalue weighted by molar-refractivity contribution is 6.07. The lowest BCUT2D eigenvalue weighted by Gasteiger charge is -2.19. The fourth-order valence-corrected chi connectivity index (χ4v) is 2.74. The summed E-state index contributed by atoms with van der Waals surface area (Å²) in [6, 6.07) is 11.7. The largest absolute Gasteiger partial charge is 0.454 e. The fourth-order valence-electron chi connectivity index (χ4n) is 2.74. The first-order valence-corrected chi connectivity index (χ1v) is 9.78. The Bertz CT molecular complexity index is 983. The van der Waals surface area contributed by atoms with E-state index in [0.717, 1.165) is 0 Å². The first-order valence-electron chi connectivity index (χ1n) is 9.78.